The first-order valence-electron chi connectivity index (χ1n) is 15.4. The fraction of sp³-hybridized carbons (Fsp3) is 0.500. The zero-order chi connectivity index (χ0) is 28.9. The first-order valence-corrected chi connectivity index (χ1v) is 15.4. The summed E-state index contributed by atoms with van der Waals surface area (Å²) in [4.78, 5) is 21.7. The summed E-state index contributed by atoms with van der Waals surface area (Å²) >= 11 is 0. The number of nitrogens with zero attached hydrogens (tertiary/aromatic N) is 5. The van der Waals surface area contributed by atoms with E-state index in [-0.39, 0.29) is 11.7 Å². The van der Waals surface area contributed by atoms with Gasteiger partial charge >= 0.3 is 0 Å². The summed E-state index contributed by atoms with van der Waals surface area (Å²) in [6.07, 6.45) is 9.95. The van der Waals surface area contributed by atoms with Crippen LogP contribution in [0.2, 0.25) is 0 Å². The number of carbonyl (C=O) groups is 1. The highest BCUT2D eigenvalue weighted by atomic mass is 16.5. The fourth-order valence-electron chi connectivity index (χ4n) is 6.75. The van der Waals surface area contributed by atoms with Crippen molar-refractivity contribution in [1.29, 1.82) is 0 Å². The fourth-order valence-corrected chi connectivity index (χ4v) is 6.75. The van der Waals surface area contributed by atoms with Crippen molar-refractivity contribution in [2.75, 3.05) is 48.8 Å². The van der Waals surface area contributed by atoms with E-state index in [0.29, 0.717) is 17.7 Å². The molecular formula is C32H42N8O2. The van der Waals surface area contributed by atoms with Gasteiger partial charge in [-0.15, -0.1) is 10.2 Å². The highest BCUT2D eigenvalue weighted by Gasteiger charge is 2.28. The number of nitrogens with two attached hydrogens (primary N) is 1. The summed E-state index contributed by atoms with van der Waals surface area (Å²) in [5, 5.41) is 15.3. The number of piperidine rings is 2. The van der Waals surface area contributed by atoms with Gasteiger partial charge in [0.15, 0.2) is 11.5 Å². The van der Waals surface area contributed by atoms with E-state index in [0.717, 1.165) is 49.1 Å². The monoisotopic (exact) mass is 570 g/mol. The molecule has 2 aromatic carbocycles. The molecule has 10 heteroatoms. The lowest BCUT2D eigenvalue weighted by Crippen LogP contribution is -2.43. The summed E-state index contributed by atoms with van der Waals surface area (Å²) in [7, 11) is 1.66. The summed E-state index contributed by atoms with van der Waals surface area (Å²) in [5.74, 6) is 1.57. The van der Waals surface area contributed by atoms with E-state index in [1.165, 1.54) is 57.2 Å². The van der Waals surface area contributed by atoms with Crippen LogP contribution in [0.1, 0.15) is 73.3 Å². The first-order chi connectivity index (χ1) is 20.6. The second-order valence-electron chi connectivity index (χ2n) is 11.8. The lowest BCUT2D eigenvalue weighted by atomic mass is 9.88. The molecule has 1 atom stereocenters. The molecule has 1 aliphatic carbocycles. The highest BCUT2D eigenvalue weighted by Crippen LogP contribution is 2.33. The second-order valence-corrected chi connectivity index (χ2v) is 11.8. The van der Waals surface area contributed by atoms with Crippen LogP contribution in [0.15, 0.2) is 48.5 Å². The number of methoxy groups -OCH3 is 1. The summed E-state index contributed by atoms with van der Waals surface area (Å²) in [5.41, 5.74) is 8.93. The lowest BCUT2D eigenvalue weighted by molar-refractivity contribution is 0.0995. The van der Waals surface area contributed by atoms with Crippen molar-refractivity contribution in [3.8, 4) is 5.75 Å². The van der Waals surface area contributed by atoms with Gasteiger partial charge in [0, 0.05) is 36.5 Å². The standard InChI is InChI=1S/C32H42N8O2/c1-42-28-14-12-24(13-15-28)34-26-5-4-18-40(21-26)32-36-31(29(30(33)41)37-38-32)35-25-10-8-22(9-11-25)23-16-19-39(20-17-23)27-6-2-3-7-27/h8-15,23,26-27,34H,2-7,16-21H2,1H3,(H2,33,41)(H,35,36,38)/t26-/m1/s1. The van der Waals surface area contributed by atoms with Crippen LogP contribution in [0.4, 0.5) is 23.1 Å². The molecule has 1 saturated carbocycles. The normalized spacial score (nSPS) is 20.4. The minimum absolute atomic E-state index is 0.0343. The van der Waals surface area contributed by atoms with Crippen LogP contribution in [0.25, 0.3) is 0 Å². The van der Waals surface area contributed by atoms with Gasteiger partial charge in [-0.2, -0.15) is 4.98 Å². The number of anilines is 4. The molecule has 3 aliphatic rings. The molecule has 0 spiro atoms. The SMILES string of the molecule is COc1ccc(N[C@@H]2CCCN(c3nnc(C(N)=O)c(Nc4ccc(C5CCN(C6CCCC6)CC5)cc4)n3)C2)cc1. The maximum atomic E-state index is 12.2. The predicted octanol–water partition coefficient (Wildman–Crippen LogP) is 4.93. The Bertz CT molecular complexity index is 1340. The van der Waals surface area contributed by atoms with E-state index in [1.807, 2.05) is 24.3 Å². The van der Waals surface area contributed by atoms with Gasteiger partial charge < -0.3 is 30.9 Å². The molecule has 0 bridgehead atoms. The molecule has 0 unspecified atom stereocenters. The van der Waals surface area contributed by atoms with Crippen molar-refractivity contribution in [3.05, 3.63) is 59.8 Å². The topological polar surface area (TPSA) is 122 Å². The van der Waals surface area contributed by atoms with Crippen molar-refractivity contribution in [2.24, 2.45) is 5.73 Å². The Balaban J connectivity index is 1.10. The van der Waals surface area contributed by atoms with Gasteiger partial charge in [0.2, 0.25) is 5.95 Å². The maximum Gasteiger partial charge on any atom is 0.273 e. The van der Waals surface area contributed by atoms with Crippen LogP contribution in [0.5, 0.6) is 5.75 Å². The molecule has 1 aromatic heterocycles. The Morgan fingerprint density at radius 1 is 0.881 bits per heavy atom. The number of aromatic nitrogens is 3. The third kappa shape index (κ3) is 6.59. The zero-order valence-corrected chi connectivity index (χ0v) is 24.5. The van der Waals surface area contributed by atoms with Gasteiger partial charge in [0.1, 0.15) is 5.75 Å². The molecule has 3 fully saturated rings. The van der Waals surface area contributed by atoms with Crippen LogP contribution in [0, 0.1) is 0 Å². The third-order valence-electron chi connectivity index (χ3n) is 9.09. The molecule has 2 saturated heterocycles. The Morgan fingerprint density at radius 2 is 1.60 bits per heavy atom. The van der Waals surface area contributed by atoms with Gasteiger partial charge in [-0.25, -0.2) is 0 Å². The summed E-state index contributed by atoms with van der Waals surface area (Å²) in [6.45, 7) is 3.92. The van der Waals surface area contributed by atoms with E-state index >= 15 is 0 Å². The number of hydrogen-bond acceptors (Lipinski definition) is 9. The van der Waals surface area contributed by atoms with Crippen LogP contribution in [-0.2, 0) is 0 Å². The average molecular weight is 571 g/mol. The van der Waals surface area contributed by atoms with Crippen molar-refractivity contribution in [2.45, 2.75) is 69.4 Å². The number of likely N-dealkylation sites (tertiary alicyclic amines) is 1. The van der Waals surface area contributed by atoms with Gasteiger partial charge in [0.05, 0.1) is 7.11 Å². The van der Waals surface area contributed by atoms with Crippen molar-refractivity contribution < 1.29 is 9.53 Å². The molecule has 3 aromatic rings. The van der Waals surface area contributed by atoms with Gasteiger partial charge in [-0.05, 0) is 99.5 Å². The van der Waals surface area contributed by atoms with E-state index in [4.69, 9.17) is 15.5 Å². The Kier molecular flexibility index (Phi) is 8.69. The number of ether oxygens (including phenoxy) is 1. The number of rotatable bonds is 9. The molecule has 10 nitrogen and oxygen atoms in total. The first kappa shape index (κ1) is 28.2. The number of benzene rings is 2. The largest absolute Gasteiger partial charge is 0.497 e. The Hall–Kier alpha value is -3.92. The third-order valence-corrected chi connectivity index (χ3v) is 9.09. The quantitative estimate of drug-likeness (QED) is 0.329. The van der Waals surface area contributed by atoms with Crippen LogP contribution < -0.4 is 26.0 Å². The Morgan fingerprint density at radius 3 is 2.29 bits per heavy atom. The van der Waals surface area contributed by atoms with Crippen molar-refractivity contribution in [1.82, 2.24) is 20.1 Å². The summed E-state index contributed by atoms with van der Waals surface area (Å²) in [6, 6.07) is 17.5. The Labute approximate surface area is 248 Å². The van der Waals surface area contributed by atoms with Gasteiger partial charge in [-0.3, -0.25) is 4.79 Å². The van der Waals surface area contributed by atoms with Crippen LogP contribution in [-0.4, -0.2) is 71.4 Å². The minimum atomic E-state index is -0.660. The summed E-state index contributed by atoms with van der Waals surface area (Å²) < 4.78 is 5.27. The average Bonchev–Trinajstić information content (AvgIpc) is 3.57. The predicted molar refractivity (Wildman–Crippen MR) is 166 cm³/mol. The molecule has 3 heterocycles. The van der Waals surface area contributed by atoms with Crippen LogP contribution >= 0.6 is 0 Å². The number of amides is 1. The number of hydrogen-bond donors (Lipinski definition) is 3. The molecule has 222 valence electrons. The smallest absolute Gasteiger partial charge is 0.273 e. The number of carbonyl (C=O) groups excluding carboxylic acids is 1. The van der Waals surface area contributed by atoms with Crippen LogP contribution in [0.3, 0.4) is 0 Å². The molecule has 2 aliphatic heterocycles. The van der Waals surface area contributed by atoms with Crippen molar-refractivity contribution >= 4 is 29.0 Å². The molecule has 0 radical (unpaired) electrons. The van der Waals surface area contributed by atoms with Gasteiger partial charge in [-0.1, -0.05) is 25.0 Å². The highest BCUT2D eigenvalue weighted by molar-refractivity contribution is 5.96. The number of nitrogens with one attached hydrogen (secondary N) is 2. The van der Waals surface area contributed by atoms with E-state index < -0.39 is 5.91 Å². The number of primary amides is 1. The maximum absolute atomic E-state index is 12.2. The van der Waals surface area contributed by atoms with Gasteiger partial charge in [0.25, 0.3) is 5.91 Å². The zero-order valence-electron chi connectivity index (χ0n) is 24.5. The molecule has 4 N–H and O–H groups in total. The lowest BCUT2D eigenvalue weighted by Gasteiger charge is -2.36. The molecule has 1 amide bonds. The molecule has 6 rings (SSSR count). The van der Waals surface area contributed by atoms with E-state index in [9.17, 15) is 4.79 Å². The minimum Gasteiger partial charge on any atom is -0.497 e. The van der Waals surface area contributed by atoms with Crippen molar-refractivity contribution in [3.63, 3.8) is 0 Å². The van der Waals surface area contributed by atoms with E-state index in [2.05, 4.69) is 54.9 Å². The molecular weight excluding hydrogens is 528 g/mol. The molecule has 42 heavy (non-hydrogen) atoms. The van der Waals surface area contributed by atoms with E-state index in [1.54, 1.807) is 7.11 Å². The second kappa shape index (κ2) is 12.9.